The lowest BCUT2D eigenvalue weighted by molar-refractivity contribution is 0.0624. The van der Waals surface area contributed by atoms with Crippen molar-refractivity contribution in [2.24, 2.45) is 11.7 Å². The Labute approximate surface area is 102 Å². The summed E-state index contributed by atoms with van der Waals surface area (Å²) >= 11 is 0. The molecule has 2 unspecified atom stereocenters. The van der Waals surface area contributed by atoms with Crippen LogP contribution in [0.1, 0.15) is 30.0 Å². The summed E-state index contributed by atoms with van der Waals surface area (Å²) in [7, 11) is 1.76. The molecule has 2 aliphatic rings. The van der Waals surface area contributed by atoms with Crippen LogP contribution in [0.5, 0.6) is 5.75 Å². The van der Waals surface area contributed by atoms with E-state index in [1.165, 1.54) is 24.0 Å². The molecule has 2 N–H and O–H groups in total. The van der Waals surface area contributed by atoms with E-state index in [9.17, 15) is 0 Å². The van der Waals surface area contributed by atoms with Gasteiger partial charge in [-0.2, -0.15) is 0 Å². The third-order valence-corrected chi connectivity index (χ3v) is 3.81. The van der Waals surface area contributed by atoms with Crippen molar-refractivity contribution < 1.29 is 9.47 Å². The monoisotopic (exact) mass is 233 g/mol. The van der Waals surface area contributed by atoms with Crippen LogP contribution in [0.25, 0.3) is 0 Å². The van der Waals surface area contributed by atoms with Gasteiger partial charge in [-0.15, -0.1) is 0 Å². The van der Waals surface area contributed by atoms with E-state index in [2.05, 4.69) is 12.1 Å². The first-order chi connectivity index (χ1) is 8.29. The highest BCUT2D eigenvalue weighted by molar-refractivity contribution is 5.41. The molecule has 1 aliphatic heterocycles. The van der Waals surface area contributed by atoms with Crippen LogP contribution in [0.3, 0.4) is 0 Å². The van der Waals surface area contributed by atoms with Crippen LogP contribution in [0, 0.1) is 5.92 Å². The second-order valence-electron chi connectivity index (χ2n) is 5.03. The first kappa shape index (κ1) is 11.1. The highest BCUT2D eigenvalue weighted by Gasteiger charge is 2.36. The van der Waals surface area contributed by atoms with Gasteiger partial charge in [-0.3, -0.25) is 0 Å². The summed E-state index contributed by atoms with van der Waals surface area (Å²) in [6.45, 7) is 0.796. The van der Waals surface area contributed by atoms with Crippen molar-refractivity contribution in [3.63, 3.8) is 0 Å². The average Bonchev–Trinajstić information content (AvgIpc) is 3.07. The molecule has 1 saturated carbocycles. The molecule has 1 fully saturated rings. The Morgan fingerprint density at radius 2 is 2.24 bits per heavy atom. The van der Waals surface area contributed by atoms with Gasteiger partial charge in [0.2, 0.25) is 0 Å². The lowest BCUT2D eigenvalue weighted by Gasteiger charge is -2.23. The SMILES string of the molecule is COC(C1CC1)C(N)c1ccc2c(c1)CCO2. The van der Waals surface area contributed by atoms with Gasteiger partial charge in [0.1, 0.15) is 5.75 Å². The molecule has 0 radical (unpaired) electrons. The fraction of sp³-hybridized carbons (Fsp3) is 0.571. The smallest absolute Gasteiger partial charge is 0.122 e. The van der Waals surface area contributed by atoms with Crippen LogP contribution in [0.4, 0.5) is 0 Å². The maximum Gasteiger partial charge on any atom is 0.122 e. The van der Waals surface area contributed by atoms with Gasteiger partial charge in [0.25, 0.3) is 0 Å². The van der Waals surface area contributed by atoms with Crippen molar-refractivity contribution in [1.29, 1.82) is 0 Å². The molecule has 3 heteroatoms. The number of hydrogen-bond acceptors (Lipinski definition) is 3. The van der Waals surface area contributed by atoms with E-state index in [1.54, 1.807) is 7.11 Å². The Hall–Kier alpha value is -1.06. The van der Waals surface area contributed by atoms with Gasteiger partial charge < -0.3 is 15.2 Å². The lowest BCUT2D eigenvalue weighted by Crippen LogP contribution is -2.29. The minimum atomic E-state index is -0.0154. The molecule has 3 rings (SSSR count). The third-order valence-electron chi connectivity index (χ3n) is 3.81. The number of rotatable bonds is 4. The molecule has 0 bridgehead atoms. The highest BCUT2D eigenvalue weighted by atomic mass is 16.5. The van der Waals surface area contributed by atoms with E-state index in [4.69, 9.17) is 15.2 Å². The van der Waals surface area contributed by atoms with Crippen LogP contribution in [-0.2, 0) is 11.2 Å². The fourth-order valence-corrected chi connectivity index (χ4v) is 2.66. The van der Waals surface area contributed by atoms with Crippen molar-refractivity contribution in [2.45, 2.75) is 31.4 Å². The number of methoxy groups -OCH3 is 1. The molecule has 92 valence electrons. The predicted octanol–water partition coefficient (Wildman–Crippen LogP) is 2.05. The van der Waals surface area contributed by atoms with Crippen LogP contribution >= 0.6 is 0 Å². The molecule has 0 saturated heterocycles. The summed E-state index contributed by atoms with van der Waals surface area (Å²) in [6, 6.07) is 6.28. The van der Waals surface area contributed by atoms with Gasteiger partial charge in [-0.25, -0.2) is 0 Å². The molecule has 0 spiro atoms. The molecule has 0 aromatic heterocycles. The molecule has 1 aliphatic carbocycles. The van der Waals surface area contributed by atoms with Crippen LogP contribution in [0.15, 0.2) is 18.2 Å². The molecule has 17 heavy (non-hydrogen) atoms. The molecule has 3 nitrogen and oxygen atoms in total. The van der Waals surface area contributed by atoms with Crippen molar-refractivity contribution >= 4 is 0 Å². The minimum absolute atomic E-state index is 0.0154. The van der Waals surface area contributed by atoms with Gasteiger partial charge in [0, 0.05) is 13.5 Å². The summed E-state index contributed by atoms with van der Waals surface area (Å²) in [5, 5.41) is 0. The zero-order valence-corrected chi connectivity index (χ0v) is 10.2. The Kier molecular flexibility index (Phi) is 2.81. The zero-order valence-electron chi connectivity index (χ0n) is 10.2. The van der Waals surface area contributed by atoms with Gasteiger partial charge >= 0.3 is 0 Å². The topological polar surface area (TPSA) is 44.5 Å². The molecule has 1 aromatic carbocycles. The molecular formula is C14H19NO2. The van der Waals surface area contributed by atoms with Crippen molar-refractivity contribution in [3.05, 3.63) is 29.3 Å². The normalized spacial score (nSPS) is 21.8. The number of hydrogen-bond donors (Lipinski definition) is 1. The second-order valence-corrected chi connectivity index (χ2v) is 5.03. The highest BCUT2D eigenvalue weighted by Crippen LogP contribution is 2.39. The summed E-state index contributed by atoms with van der Waals surface area (Å²) in [4.78, 5) is 0. The minimum Gasteiger partial charge on any atom is -0.493 e. The van der Waals surface area contributed by atoms with Gasteiger partial charge in [-0.1, -0.05) is 12.1 Å². The quantitative estimate of drug-likeness (QED) is 0.865. The molecule has 1 heterocycles. The third kappa shape index (κ3) is 2.05. The summed E-state index contributed by atoms with van der Waals surface area (Å²) in [6.07, 6.45) is 3.66. The number of ether oxygens (including phenoxy) is 2. The van der Waals surface area contributed by atoms with E-state index in [0.29, 0.717) is 5.92 Å². The predicted molar refractivity (Wildman–Crippen MR) is 66.1 cm³/mol. The van der Waals surface area contributed by atoms with E-state index < -0.39 is 0 Å². The average molecular weight is 233 g/mol. The van der Waals surface area contributed by atoms with E-state index >= 15 is 0 Å². The van der Waals surface area contributed by atoms with Gasteiger partial charge in [-0.05, 0) is 36.0 Å². The Morgan fingerprint density at radius 1 is 1.41 bits per heavy atom. The largest absolute Gasteiger partial charge is 0.493 e. The number of benzene rings is 1. The van der Waals surface area contributed by atoms with Gasteiger partial charge in [0.05, 0.1) is 18.8 Å². The summed E-state index contributed by atoms with van der Waals surface area (Å²) < 4.78 is 11.1. The maximum absolute atomic E-state index is 6.32. The number of fused-ring (bicyclic) bond motifs is 1. The van der Waals surface area contributed by atoms with Crippen molar-refractivity contribution in [1.82, 2.24) is 0 Å². The maximum atomic E-state index is 6.32. The van der Waals surface area contributed by atoms with Crippen molar-refractivity contribution in [2.75, 3.05) is 13.7 Å². The lowest BCUT2D eigenvalue weighted by atomic mass is 9.96. The van der Waals surface area contributed by atoms with E-state index in [0.717, 1.165) is 18.8 Å². The van der Waals surface area contributed by atoms with E-state index in [-0.39, 0.29) is 12.1 Å². The standard InChI is InChI=1S/C14H19NO2/c1-16-14(9-2-3-9)13(15)11-4-5-12-10(8-11)6-7-17-12/h4-5,8-9,13-14H,2-3,6-7,15H2,1H3. The Balaban J connectivity index is 1.82. The van der Waals surface area contributed by atoms with Crippen LogP contribution in [0.2, 0.25) is 0 Å². The first-order valence-corrected chi connectivity index (χ1v) is 6.33. The first-order valence-electron chi connectivity index (χ1n) is 6.33. The second kappa shape index (κ2) is 4.31. The van der Waals surface area contributed by atoms with Crippen LogP contribution in [-0.4, -0.2) is 19.8 Å². The van der Waals surface area contributed by atoms with Crippen molar-refractivity contribution in [3.8, 4) is 5.75 Å². The summed E-state index contributed by atoms with van der Waals surface area (Å²) in [5.74, 6) is 1.67. The molecular weight excluding hydrogens is 214 g/mol. The van der Waals surface area contributed by atoms with E-state index in [1.807, 2.05) is 6.07 Å². The fourth-order valence-electron chi connectivity index (χ4n) is 2.66. The molecule has 0 amide bonds. The number of nitrogens with two attached hydrogens (primary N) is 1. The molecule has 1 aromatic rings. The summed E-state index contributed by atoms with van der Waals surface area (Å²) in [5.41, 5.74) is 8.77. The zero-order chi connectivity index (χ0) is 11.8. The van der Waals surface area contributed by atoms with Gasteiger partial charge in [0.15, 0.2) is 0 Å². The Morgan fingerprint density at radius 3 is 2.94 bits per heavy atom. The Bertz CT molecular complexity index is 415. The molecule has 2 atom stereocenters. The van der Waals surface area contributed by atoms with Crippen LogP contribution < -0.4 is 10.5 Å².